The van der Waals surface area contributed by atoms with E-state index in [1.807, 2.05) is 31.2 Å². The molecule has 3 rings (SSSR count). The number of aromatic amines is 1. The number of benzene rings is 1. The Morgan fingerprint density at radius 1 is 1.32 bits per heavy atom. The molecule has 0 saturated carbocycles. The normalized spacial score (nSPS) is 10.8. The van der Waals surface area contributed by atoms with Crippen molar-refractivity contribution in [1.29, 1.82) is 0 Å². The number of hydrogen-bond acceptors (Lipinski definition) is 3. The van der Waals surface area contributed by atoms with Crippen LogP contribution in [0.3, 0.4) is 0 Å². The van der Waals surface area contributed by atoms with Crippen molar-refractivity contribution in [1.82, 2.24) is 15.2 Å². The minimum absolute atomic E-state index is 0.125. The van der Waals surface area contributed by atoms with E-state index < -0.39 is 5.97 Å². The lowest BCUT2D eigenvalue weighted by Gasteiger charge is -1.97. The number of nitrogens with one attached hydrogen (secondary N) is 1. The van der Waals surface area contributed by atoms with Gasteiger partial charge in [-0.25, -0.2) is 4.79 Å². The Morgan fingerprint density at radius 3 is 2.89 bits per heavy atom. The molecule has 0 atom stereocenters. The van der Waals surface area contributed by atoms with Crippen molar-refractivity contribution in [2.24, 2.45) is 0 Å². The third-order valence-electron chi connectivity index (χ3n) is 3.06. The van der Waals surface area contributed by atoms with Gasteiger partial charge in [0.2, 0.25) is 0 Å². The molecule has 5 heteroatoms. The molecule has 0 aliphatic carbocycles. The lowest BCUT2D eigenvalue weighted by Crippen LogP contribution is -1.99. The SMILES string of the molecule is Cc1cccc2[nH]c(-c3cc(C(=O)O)cnn3)cc12. The van der Waals surface area contributed by atoms with Gasteiger partial charge in [-0.05, 0) is 30.7 Å². The standard InChI is InChI=1S/C14H11N3O2/c1-8-3-2-4-11-10(8)6-12(16-11)13-5-9(14(18)19)7-15-17-13/h2-7,16H,1H3,(H,18,19). The van der Waals surface area contributed by atoms with Crippen LogP contribution in [-0.2, 0) is 0 Å². The van der Waals surface area contributed by atoms with E-state index in [2.05, 4.69) is 15.2 Å². The van der Waals surface area contributed by atoms with Crippen molar-refractivity contribution in [3.8, 4) is 11.4 Å². The molecule has 1 aromatic carbocycles. The molecule has 94 valence electrons. The van der Waals surface area contributed by atoms with Gasteiger partial charge in [-0.3, -0.25) is 0 Å². The number of hydrogen-bond donors (Lipinski definition) is 2. The van der Waals surface area contributed by atoms with Crippen LogP contribution in [0.1, 0.15) is 15.9 Å². The fourth-order valence-corrected chi connectivity index (χ4v) is 2.06. The molecule has 3 aromatic rings. The highest BCUT2D eigenvalue weighted by Gasteiger charge is 2.10. The summed E-state index contributed by atoms with van der Waals surface area (Å²) in [6.07, 6.45) is 1.24. The smallest absolute Gasteiger partial charge is 0.337 e. The molecule has 0 amide bonds. The average Bonchev–Trinajstić information content (AvgIpc) is 2.84. The highest BCUT2D eigenvalue weighted by atomic mass is 16.4. The van der Waals surface area contributed by atoms with Crippen molar-refractivity contribution in [3.05, 3.63) is 47.7 Å². The monoisotopic (exact) mass is 253 g/mol. The summed E-state index contributed by atoms with van der Waals surface area (Å²) < 4.78 is 0. The Kier molecular flexibility index (Phi) is 2.52. The number of fused-ring (bicyclic) bond motifs is 1. The molecule has 0 radical (unpaired) electrons. The number of rotatable bonds is 2. The van der Waals surface area contributed by atoms with Crippen LogP contribution < -0.4 is 0 Å². The Bertz CT molecular complexity index is 777. The molecule has 0 aliphatic rings. The molecule has 2 heterocycles. The average molecular weight is 253 g/mol. The van der Waals surface area contributed by atoms with Gasteiger partial charge in [-0.2, -0.15) is 5.10 Å². The fourth-order valence-electron chi connectivity index (χ4n) is 2.06. The van der Waals surface area contributed by atoms with Gasteiger partial charge in [-0.15, -0.1) is 5.10 Å². The topological polar surface area (TPSA) is 78.9 Å². The van der Waals surface area contributed by atoms with Crippen LogP contribution in [0.2, 0.25) is 0 Å². The summed E-state index contributed by atoms with van der Waals surface area (Å²) >= 11 is 0. The van der Waals surface area contributed by atoms with Crippen LogP contribution in [0, 0.1) is 6.92 Å². The molecule has 19 heavy (non-hydrogen) atoms. The third kappa shape index (κ3) is 1.95. The van der Waals surface area contributed by atoms with E-state index in [4.69, 9.17) is 5.11 Å². The van der Waals surface area contributed by atoms with Crippen LogP contribution in [0.15, 0.2) is 36.5 Å². The molecular formula is C14H11N3O2. The molecule has 5 nitrogen and oxygen atoms in total. The maximum absolute atomic E-state index is 10.9. The van der Waals surface area contributed by atoms with Gasteiger partial charge in [0, 0.05) is 10.9 Å². The van der Waals surface area contributed by atoms with Crippen molar-refractivity contribution in [3.63, 3.8) is 0 Å². The van der Waals surface area contributed by atoms with Crippen LogP contribution in [0.5, 0.6) is 0 Å². The quantitative estimate of drug-likeness (QED) is 0.735. The third-order valence-corrected chi connectivity index (χ3v) is 3.06. The molecule has 2 N–H and O–H groups in total. The molecular weight excluding hydrogens is 242 g/mol. The summed E-state index contributed by atoms with van der Waals surface area (Å²) in [6.45, 7) is 2.03. The maximum atomic E-state index is 10.9. The highest BCUT2D eigenvalue weighted by Crippen LogP contribution is 2.25. The Balaban J connectivity index is 2.16. The van der Waals surface area contributed by atoms with E-state index in [-0.39, 0.29) is 5.56 Å². The number of aromatic nitrogens is 3. The first kappa shape index (κ1) is 11.4. The van der Waals surface area contributed by atoms with Crippen molar-refractivity contribution < 1.29 is 9.90 Å². The predicted octanol–water partition coefficient (Wildman–Crippen LogP) is 2.63. The Morgan fingerprint density at radius 2 is 2.16 bits per heavy atom. The molecule has 0 unspecified atom stereocenters. The minimum atomic E-state index is -1.01. The van der Waals surface area contributed by atoms with Crippen molar-refractivity contribution in [2.75, 3.05) is 0 Å². The summed E-state index contributed by atoms with van der Waals surface area (Å²) in [5, 5.41) is 17.8. The second-order valence-corrected chi connectivity index (χ2v) is 4.35. The summed E-state index contributed by atoms with van der Waals surface area (Å²) in [6, 6.07) is 9.44. The van der Waals surface area contributed by atoms with Gasteiger partial charge in [0.25, 0.3) is 0 Å². The molecule has 0 spiro atoms. The van der Waals surface area contributed by atoms with E-state index in [1.54, 1.807) is 0 Å². The molecule has 0 saturated heterocycles. The summed E-state index contributed by atoms with van der Waals surface area (Å²) in [5.41, 5.74) is 3.57. The number of carboxylic acid groups (broad SMARTS) is 1. The van der Waals surface area contributed by atoms with Gasteiger partial charge in [-0.1, -0.05) is 12.1 Å². The van der Waals surface area contributed by atoms with E-state index in [9.17, 15) is 4.79 Å². The lowest BCUT2D eigenvalue weighted by atomic mass is 10.1. The maximum Gasteiger partial charge on any atom is 0.337 e. The van der Waals surface area contributed by atoms with E-state index >= 15 is 0 Å². The van der Waals surface area contributed by atoms with Gasteiger partial charge in [0.1, 0.15) is 5.69 Å². The zero-order valence-corrected chi connectivity index (χ0v) is 10.2. The van der Waals surface area contributed by atoms with Crippen molar-refractivity contribution >= 4 is 16.9 Å². The second-order valence-electron chi connectivity index (χ2n) is 4.35. The van der Waals surface area contributed by atoms with Crippen LogP contribution in [-0.4, -0.2) is 26.3 Å². The zero-order chi connectivity index (χ0) is 13.4. The van der Waals surface area contributed by atoms with E-state index in [0.717, 1.165) is 22.2 Å². The highest BCUT2D eigenvalue weighted by molar-refractivity contribution is 5.90. The first-order valence-electron chi connectivity index (χ1n) is 5.80. The number of carbonyl (C=O) groups is 1. The number of aryl methyl sites for hydroxylation is 1. The Hall–Kier alpha value is -2.69. The Labute approximate surface area is 108 Å². The summed E-state index contributed by atoms with van der Waals surface area (Å²) in [4.78, 5) is 14.2. The van der Waals surface area contributed by atoms with Gasteiger partial charge in [0.15, 0.2) is 0 Å². The summed E-state index contributed by atoms with van der Waals surface area (Å²) in [5.74, 6) is -1.01. The van der Waals surface area contributed by atoms with Gasteiger partial charge >= 0.3 is 5.97 Å². The number of carboxylic acids is 1. The van der Waals surface area contributed by atoms with Crippen LogP contribution in [0.25, 0.3) is 22.3 Å². The summed E-state index contributed by atoms with van der Waals surface area (Å²) in [7, 11) is 0. The minimum Gasteiger partial charge on any atom is -0.478 e. The first-order valence-corrected chi connectivity index (χ1v) is 5.80. The predicted molar refractivity (Wildman–Crippen MR) is 71.0 cm³/mol. The van der Waals surface area contributed by atoms with Crippen LogP contribution >= 0.6 is 0 Å². The number of nitrogens with zero attached hydrogens (tertiary/aromatic N) is 2. The molecule has 0 fully saturated rings. The van der Waals surface area contributed by atoms with Gasteiger partial charge < -0.3 is 10.1 Å². The van der Waals surface area contributed by atoms with E-state index in [1.165, 1.54) is 12.3 Å². The fraction of sp³-hybridized carbons (Fsp3) is 0.0714. The molecule has 0 aliphatic heterocycles. The zero-order valence-electron chi connectivity index (χ0n) is 10.2. The molecule has 2 aromatic heterocycles. The number of aromatic carboxylic acids is 1. The largest absolute Gasteiger partial charge is 0.478 e. The second kappa shape index (κ2) is 4.20. The molecule has 0 bridgehead atoms. The van der Waals surface area contributed by atoms with E-state index in [0.29, 0.717) is 5.69 Å². The lowest BCUT2D eigenvalue weighted by molar-refractivity contribution is 0.0696. The first-order chi connectivity index (χ1) is 9.15. The van der Waals surface area contributed by atoms with Gasteiger partial charge in [0.05, 0.1) is 17.5 Å². The van der Waals surface area contributed by atoms with Crippen molar-refractivity contribution in [2.45, 2.75) is 6.92 Å². The van der Waals surface area contributed by atoms with Crippen LogP contribution in [0.4, 0.5) is 0 Å². The number of H-pyrrole nitrogens is 1.